The van der Waals surface area contributed by atoms with Gasteiger partial charge in [0.25, 0.3) is 0 Å². The Morgan fingerprint density at radius 1 is 0.909 bits per heavy atom. The van der Waals surface area contributed by atoms with Crippen molar-refractivity contribution < 1.29 is 4.42 Å². The molecule has 0 saturated carbocycles. The smallest absolute Gasteiger partial charge is 0.182 e. The second-order valence-corrected chi connectivity index (χ2v) is 5.32. The predicted molar refractivity (Wildman–Crippen MR) is 90.2 cm³/mol. The van der Waals surface area contributed by atoms with Gasteiger partial charge in [0.1, 0.15) is 5.52 Å². The molecule has 0 saturated heterocycles. The molecule has 0 unspecified atom stereocenters. The van der Waals surface area contributed by atoms with Crippen LogP contribution >= 0.6 is 0 Å². The van der Waals surface area contributed by atoms with Gasteiger partial charge in [0.2, 0.25) is 0 Å². The second kappa shape index (κ2) is 5.53. The Balaban J connectivity index is 0.000000122. The minimum Gasteiger partial charge on any atom is -0.443 e. The number of hydrogen-bond donors (Lipinski definition) is 1. The summed E-state index contributed by atoms with van der Waals surface area (Å²) in [5, 5.41) is 5.65. The van der Waals surface area contributed by atoms with Crippen LogP contribution in [0.5, 0.6) is 0 Å². The number of para-hydroxylation sites is 1. The monoisotopic (exact) mass is 288 g/mol. The van der Waals surface area contributed by atoms with Gasteiger partial charge in [-0.1, -0.05) is 48.5 Å². The summed E-state index contributed by atoms with van der Waals surface area (Å²) in [6.07, 6.45) is 2.67. The van der Waals surface area contributed by atoms with E-state index in [1.807, 2.05) is 24.3 Å². The maximum Gasteiger partial charge on any atom is 0.182 e. The third-order valence-corrected chi connectivity index (χ3v) is 3.95. The zero-order valence-corrected chi connectivity index (χ0v) is 12.1. The van der Waals surface area contributed by atoms with Gasteiger partial charge in [0.15, 0.2) is 12.0 Å². The average Bonchev–Trinajstić information content (AvgIpc) is 3.24. The molecule has 0 fully saturated rings. The van der Waals surface area contributed by atoms with E-state index >= 15 is 0 Å². The lowest BCUT2D eigenvalue weighted by atomic mass is 10.1. The van der Waals surface area contributed by atoms with Crippen LogP contribution in [0.3, 0.4) is 0 Å². The van der Waals surface area contributed by atoms with Gasteiger partial charge in [-0.05, 0) is 29.5 Å². The number of fused-ring (bicyclic) bond motifs is 4. The van der Waals surface area contributed by atoms with Crippen LogP contribution in [0.25, 0.3) is 21.9 Å². The Morgan fingerprint density at radius 3 is 2.73 bits per heavy atom. The number of benzene rings is 3. The average molecular weight is 288 g/mol. The summed E-state index contributed by atoms with van der Waals surface area (Å²) in [6.45, 7) is 1.11. The van der Waals surface area contributed by atoms with Crippen LogP contribution in [-0.2, 0) is 6.42 Å². The number of aromatic nitrogens is 1. The minimum atomic E-state index is 0.846. The van der Waals surface area contributed by atoms with E-state index in [0.29, 0.717) is 0 Å². The molecule has 3 aromatic carbocycles. The van der Waals surface area contributed by atoms with Gasteiger partial charge in [-0.25, -0.2) is 4.98 Å². The van der Waals surface area contributed by atoms with Crippen molar-refractivity contribution in [2.75, 3.05) is 11.9 Å². The van der Waals surface area contributed by atoms with E-state index in [2.05, 4.69) is 46.7 Å². The summed E-state index contributed by atoms with van der Waals surface area (Å²) in [5.74, 6) is 0. The van der Waals surface area contributed by atoms with Crippen molar-refractivity contribution in [3.63, 3.8) is 0 Å². The molecule has 1 aromatic heterocycles. The number of hydrogen-bond acceptors (Lipinski definition) is 3. The third-order valence-electron chi connectivity index (χ3n) is 3.95. The Morgan fingerprint density at radius 2 is 1.77 bits per heavy atom. The van der Waals surface area contributed by atoms with Gasteiger partial charge in [0.05, 0.1) is 0 Å². The lowest BCUT2D eigenvalue weighted by Gasteiger charge is -1.95. The van der Waals surface area contributed by atoms with Crippen LogP contribution in [-0.4, -0.2) is 11.5 Å². The van der Waals surface area contributed by atoms with Gasteiger partial charge < -0.3 is 9.73 Å². The topological polar surface area (TPSA) is 38.1 Å². The molecule has 3 heteroatoms. The van der Waals surface area contributed by atoms with Crippen LogP contribution in [0.2, 0.25) is 0 Å². The highest BCUT2D eigenvalue weighted by atomic mass is 16.3. The molecular weight excluding hydrogens is 272 g/mol. The molecule has 1 N–H and O–H groups in total. The molecule has 1 aliphatic heterocycles. The van der Waals surface area contributed by atoms with Crippen LogP contribution in [0.4, 0.5) is 5.69 Å². The van der Waals surface area contributed by atoms with Crippen molar-refractivity contribution in [1.29, 1.82) is 0 Å². The highest BCUT2D eigenvalue weighted by molar-refractivity contribution is 6.03. The van der Waals surface area contributed by atoms with Crippen molar-refractivity contribution in [3.8, 4) is 0 Å². The Labute approximate surface area is 128 Å². The molecule has 3 nitrogen and oxygen atoms in total. The summed E-state index contributed by atoms with van der Waals surface area (Å²) in [5.41, 5.74) is 4.56. The molecule has 0 radical (unpaired) electrons. The van der Waals surface area contributed by atoms with Crippen LogP contribution < -0.4 is 5.32 Å². The molecule has 0 spiro atoms. The van der Waals surface area contributed by atoms with E-state index < -0.39 is 0 Å². The fourth-order valence-electron chi connectivity index (χ4n) is 2.84. The minimum absolute atomic E-state index is 0.846. The second-order valence-electron chi connectivity index (χ2n) is 5.32. The number of anilines is 1. The van der Waals surface area contributed by atoms with Gasteiger partial charge in [-0.3, -0.25) is 0 Å². The molecule has 2 heterocycles. The van der Waals surface area contributed by atoms with E-state index in [1.54, 1.807) is 0 Å². The number of nitrogens with zero attached hydrogens (tertiary/aromatic N) is 1. The molecule has 0 atom stereocenters. The fraction of sp³-hybridized carbons (Fsp3) is 0.105. The summed E-state index contributed by atoms with van der Waals surface area (Å²) >= 11 is 0. The maximum absolute atomic E-state index is 5.21. The van der Waals surface area contributed by atoms with Crippen LogP contribution in [0.15, 0.2) is 71.5 Å². The molecule has 5 rings (SSSR count). The molecule has 4 aromatic rings. The maximum atomic E-state index is 5.21. The number of nitrogens with one attached hydrogen (secondary N) is 1. The zero-order valence-electron chi connectivity index (χ0n) is 12.1. The Hall–Kier alpha value is -2.81. The van der Waals surface area contributed by atoms with Gasteiger partial charge >= 0.3 is 0 Å². The van der Waals surface area contributed by atoms with Crippen molar-refractivity contribution in [2.45, 2.75) is 6.42 Å². The largest absolute Gasteiger partial charge is 0.443 e. The van der Waals surface area contributed by atoms with Crippen molar-refractivity contribution >= 4 is 27.6 Å². The highest BCUT2D eigenvalue weighted by Gasteiger charge is 2.06. The third kappa shape index (κ3) is 2.31. The molecule has 1 aliphatic rings. The summed E-state index contributed by atoms with van der Waals surface area (Å²) < 4.78 is 5.21. The molecule has 0 amide bonds. The van der Waals surface area contributed by atoms with Crippen LogP contribution in [0, 0.1) is 0 Å². The van der Waals surface area contributed by atoms with Crippen LogP contribution in [0.1, 0.15) is 5.56 Å². The van der Waals surface area contributed by atoms with E-state index in [1.165, 1.54) is 29.5 Å². The number of oxazole rings is 1. The first-order valence-corrected chi connectivity index (χ1v) is 7.44. The predicted octanol–water partition coefficient (Wildman–Crippen LogP) is 4.64. The molecule has 0 aliphatic carbocycles. The van der Waals surface area contributed by atoms with Gasteiger partial charge in [-0.15, -0.1) is 0 Å². The molecule has 0 bridgehead atoms. The van der Waals surface area contributed by atoms with E-state index in [-0.39, 0.29) is 0 Å². The molecular formula is C19H16N2O. The van der Waals surface area contributed by atoms with Gasteiger partial charge in [-0.2, -0.15) is 0 Å². The molecule has 108 valence electrons. The first-order valence-electron chi connectivity index (χ1n) is 7.44. The fourth-order valence-corrected chi connectivity index (χ4v) is 2.84. The lowest BCUT2D eigenvalue weighted by Crippen LogP contribution is -1.90. The summed E-state index contributed by atoms with van der Waals surface area (Å²) in [6, 6.07) is 20.6. The summed E-state index contributed by atoms with van der Waals surface area (Å²) in [4.78, 5) is 4.18. The van der Waals surface area contributed by atoms with Crippen molar-refractivity contribution in [2.24, 2.45) is 0 Å². The standard InChI is InChI=1S/C11H7NO.C8H9N/c1-2-4-9-8(3-1)5-6-10-11(9)12-7-13-10;1-2-4-8-7(3-1)5-6-9-8/h1-7H;1-4,9H,5-6H2. The van der Waals surface area contributed by atoms with Crippen molar-refractivity contribution in [1.82, 2.24) is 4.98 Å². The normalized spacial score (nSPS) is 12.5. The van der Waals surface area contributed by atoms with Gasteiger partial charge in [0, 0.05) is 17.6 Å². The highest BCUT2D eigenvalue weighted by Crippen LogP contribution is 2.23. The Bertz CT molecular complexity index is 904. The summed E-state index contributed by atoms with van der Waals surface area (Å²) in [7, 11) is 0. The zero-order chi connectivity index (χ0) is 14.8. The SMILES string of the molecule is c1ccc2c(c1)CCN2.c1ccc2c(c1)ccc1ocnc12. The Kier molecular flexibility index (Phi) is 3.24. The van der Waals surface area contributed by atoms with E-state index in [0.717, 1.165) is 23.0 Å². The van der Waals surface area contributed by atoms with E-state index in [9.17, 15) is 0 Å². The lowest BCUT2D eigenvalue weighted by molar-refractivity contribution is 0.602. The first kappa shape index (κ1) is 12.9. The number of rotatable bonds is 0. The quantitative estimate of drug-likeness (QED) is 0.512. The van der Waals surface area contributed by atoms with E-state index in [4.69, 9.17) is 4.42 Å². The van der Waals surface area contributed by atoms with Crippen molar-refractivity contribution in [3.05, 3.63) is 72.6 Å². The molecule has 22 heavy (non-hydrogen) atoms. The first-order chi connectivity index (χ1) is 10.9.